The zero-order valence-electron chi connectivity index (χ0n) is 26.6. The van der Waals surface area contributed by atoms with E-state index in [2.05, 4.69) is 166 Å². The van der Waals surface area contributed by atoms with E-state index in [0.29, 0.717) is 11.8 Å². The van der Waals surface area contributed by atoms with E-state index >= 15 is 0 Å². The Morgan fingerprint density at radius 1 is 0.783 bits per heavy atom. The summed E-state index contributed by atoms with van der Waals surface area (Å²) in [5.74, 6) is 0.688. The van der Waals surface area contributed by atoms with E-state index < -0.39 is 0 Å². The van der Waals surface area contributed by atoms with Gasteiger partial charge in [-0.25, -0.2) is 0 Å². The van der Waals surface area contributed by atoms with Crippen molar-refractivity contribution in [2.75, 3.05) is 4.90 Å². The van der Waals surface area contributed by atoms with Gasteiger partial charge >= 0.3 is 0 Å². The quantitative estimate of drug-likeness (QED) is 0.182. The van der Waals surface area contributed by atoms with Gasteiger partial charge in [-0.1, -0.05) is 136 Å². The zero-order valence-corrected chi connectivity index (χ0v) is 26.6. The van der Waals surface area contributed by atoms with Crippen LogP contribution in [-0.2, 0) is 5.41 Å². The third-order valence-electron chi connectivity index (χ3n) is 10.0. The molecule has 46 heavy (non-hydrogen) atoms. The minimum atomic E-state index is -0.105. The molecule has 0 amide bonds. The molecular formula is C44H37NO. The average molecular weight is 596 g/mol. The van der Waals surface area contributed by atoms with Crippen molar-refractivity contribution in [2.45, 2.75) is 26.2 Å². The number of rotatable bonds is 6. The fourth-order valence-corrected chi connectivity index (χ4v) is 7.65. The lowest BCUT2D eigenvalue weighted by molar-refractivity contribution is 0.632. The van der Waals surface area contributed by atoms with Crippen LogP contribution in [0.5, 0.6) is 0 Å². The van der Waals surface area contributed by atoms with Gasteiger partial charge in [-0.05, 0) is 70.7 Å². The number of anilines is 2. The molecule has 1 aromatic heterocycles. The molecule has 0 saturated carbocycles. The second-order valence-corrected chi connectivity index (χ2v) is 13.0. The molecule has 8 rings (SSSR count). The molecule has 0 spiro atoms. The maximum Gasteiger partial charge on any atom is 0.159 e. The van der Waals surface area contributed by atoms with Crippen molar-refractivity contribution in [1.82, 2.24) is 0 Å². The van der Waals surface area contributed by atoms with E-state index in [9.17, 15) is 0 Å². The largest absolute Gasteiger partial charge is 0.454 e. The first kappa shape index (κ1) is 28.2. The maximum absolute atomic E-state index is 6.59. The highest BCUT2D eigenvalue weighted by Crippen LogP contribution is 2.50. The van der Waals surface area contributed by atoms with E-state index in [-0.39, 0.29) is 5.41 Å². The lowest BCUT2D eigenvalue weighted by Crippen LogP contribution is -2.18. The van der Waals surface area contributed by atoms with Crippen molar-refractivity contribution >= 4 is 33.3 Å². The van der Waals surface area contributed by atoms with Crippen LogP contribution in [0, 0.1) is 11.8 Å². The van der Waals surface area contributed by atoms with Crippen LogP contribution in [0.2, 0.25) is 0 Å². The standard InChI is InChI=1S/C44H37NO/c1-5-30(33-19-12-15-31-14-6-7-16-34(31)33)25-24-29(2)45(41-22-13-20-38-37-18-9-11-23-42(37)46-43(38)41)32-26-27-36-35-17-8-10-21-39(35)44(3,4)40(36)28-32/h5-28,31,34H,1H2,2-4H3/b29-24+,30-25+. The van der Waals surface area contributed by atoms with Crippen LogP contribution in [0.4, 0.5) is 11.4 Å². The molecule has 0 bridgehead atoms. The summed E-state index contributed by atoms with van der Waals surface area (Å²) in [4.78, 5) is 2.35. The maximum atomic E-state index is 6.59. The highest BCUT2D eigenvalue weighted by Gasteiger charge is 2.36. The first-order valence-electron chi connectivity index (χ1n) is 16.2. The van der Waals surface area contributed by atoms with Gasteiger partial charge in [0.15, 0.2) is 5.58 Å². The summed E-state index contributed by atoms with van der Waals surface area (Å²) in [5, 5.41) is 2.24. The Balaban J connectivity index is 1.29. The fraction of sp³-hybridized carbons (Fsp3) is 0.136. The van der Waals surface area contributed by atoms with Gasteiger partial charge in [0.1, 0.15) is 5.58 Å². The van der Waals surface area contributed by atoms with Gasteiger partial charge in [0, 0.05) is 39.4 Å². The van der Waals surface area contributed by atoms with Crippen LogP contribution in [0.1, 0.15) is 31.9 Å². The number of furan rings is 1. The molecule has 5 aromatic rings. The summed E-state index contributed by atoms with van der Waals surface area (Å²) in [6.45, 7) is 11.1. The van der Waals surface area contributed by atoms with E-state index in [1.54, 1.807) is 0 Å². The molecule has 0 N–H and O–H groups in total. The molecule has 0 radical (unpaired) electrons. The fourth-order valence-electron chi connectivity index (χ4n) is 7.65. The molecule has 0 saturated heterocycles. The van der Waals surface area contributed by atoms with Crippen LogP contribution in [0.25, 0.3) is 33.1 Å². The number of nitrogens with zero attached hydrogens (tertiary/aromatic N) is 1. The summed E-state index contributed by atoms with van der Waals surface area (Å²) < 4.78 is 6.59. The molecule has 0 aliphatic heterocycles. The summed E-state index contributed by atoms with van der Waals surface area (Å²) in [6, 6.07) is 30.5. The van der Waals surface area contributed by atoms with Crippen LogP contribution in [0.3, 0.4) is 0 Å². The summed E-state index contributed by atoms with van der Waals surface area (Å²) in [7, 11) is 0. The first-order chi connectivity index (χ1) is 22.5. The third kappa shape index (κ3) is 4.40. The molecule has 2 heteroatoms. The van der Waals surface area contributed by atoms with Crippen LogP contribution in [0.15, 0.2) is 174 Å². The van der Waals surface area contributed by atoms with Gasteiger partial charge in [-0.2, -0.15) is 0 Å². The number of benzene rings is 4. The van der Waals surface area contributed by atoms with E-state index in [0.717, 1.165) is 44.6 Å². The van der Waals surface area contributed by atoms with Gasteiger partial charge in [0.05, 0.1) is 5.69 Å². The number of hydrogen-bond donors (Lipinski definition) is 0. The Bertz CT molecular complexity index is 2230. The van der Waals surface area contributed by atoms with E-state index in [1.165, 1.54) is 27.8 Å². The number of fused-ring (bicyclic) bond motifs is 7. The molecule has 224 valence electrons. The molecule has 3 aliphatic rings. The predicted octanol–water partition coefficient (Wildman–Crippen LogP) is 11.9. The highest BCUT2D eigenvalue weighted by atomic mass is 16.3. The van der Waals surface area contributed by atoms with E-state index in [1.807, 2.05) is 12.1 Å². The monoisotopic (exact) mass is 595 g/mol. The third-order valence-corrected chi connectivity index (χ3v) is 10.0. The van der Waals surface area contributed by atoms with Crippen LogP contribution in [-0.4, -0.2) is 0 Å². The van der Waals surface area contributed by atoms with Gasteiger partial charge in [-0.15, -0.1) is 0 Å². The van der Waals surface area contributed by atoms with Crippen LogP contribution < -0.4 is 4.90 Å². The lowest BCUT2D eigenvalue weighted by Gasteiger charge is -2.29. The summed E-state index contributed by atoms with van der Waals surface area (Å²) in [6.07, 6.45) is 22.0. The van der Waals surface area contributed by atoms with Gasteiger partial charge in [0.2, 0.25) is 0 Å². The SMILES string of the molecule is C=C/C(=C\C=C(/C)N(c1ccc2c(c1)C(C)(C)c1ccccc1-2)c1cccc2c1oc1ccccc12)C1=CC=CC2C=CC=CC12. The van der Waals surface area contributed by atoms with Crippen molar-refractivity contribution in [1.29, 1.82) is 0 Å². The minimum Gasteiger partial charge on any atom is -0.454 e. The average Bonchev–Trinajstić information content (AvgIpc) is 3.58. The summed E-state index contributed by atoms with van der Waals surface area (Å²) >= 11 is 0. The first-order valence-corrected chi connectivity index (χ1v) is 16.2. The van der Waals surface area contributed by atoms with Crippen molar-refractivity contribution in [3.05, 3.63) is 180 Å². The van der Waals surface area contributed by atoms with Crippen molar-refractivity contribution < 1.29 is 4.42 Å². The Kier molecular flexibility index (Phi) is 6.69. The van der Waals surface area contributed by atoms with Crippen LogP contribution >= 0.6 is 0 Å². The highest BCUT2D eigenvalue weighted by molar-refractivity contribution is 6.09. The van der Waals surface area contributed by atoms with E-state index in [4.69, 9.17) is 4.42 Å². The molecule has 2 nitrogen and oxygen atoms in total. The smallest absolute Gasteiger partial charge is 0.159 e. The lowest BCUT2D eigenvalue weighted by atomic mass is 9.77. The van der Waals surface area contributed by atoms with Gasteiger partial charge in [0.25, 0.3) is 0 Å². The van der Waals surface area contributed by atoms with Gasteiger partial charge in [-0.3, -0.25) is 0 Å². The molecule has 4 aromatic carbocycles. The number of para-hydroxylation sites is 2. The Labute approximate surface area is 271 Å². The molecule has 0 fully saturated rings. The minimum absolute atomic E-state index is 0.105. The molecule has 3 aliphatic carbocycles. The summed E-state index contributed by atoms with van der Waals surface area (Å²) in [5.41, 5.74) is 12.6. The molecular weight excluding hydrogens is 558 g/mol. The Hall–Kier alpha value is -5.34. The zero-order chi connectivity index (χ0) is 31.4. The second kappa shape index (κ2) is 10.9. The Morgan fingerprint density at radius 3 is 2.43 bits per heavy atom. The number of hydrogen-bond acceptors (Lipinski definition) is 2. The number of allylic oxidation sites excluding steroid dienone is 13. The van der Waals surface area contributed by atoms with Crippen molar-refractivity contribution in [2.24, 2.45) is 11.8 Å². The molecule has 1 heterocycles. The predicted molar refractivity (Wildman–Crippen MR) is 194 cm³/mol. The van der Waals surface area contributed by atoms with Crippen molar-refractivity contribution in [3.63, 3.8) is 0 Å². The molecule has 2 atom stereocenters. The van der Waals surface area contributed by atoms with Gasteiger partial charge < -0.3 is 9.32 Å². The van der Waals surface area contributed by atoms with Crippen molar-refractivity contribution in [3.8, 4) is 11.1 Å². The second-order valence-electron chi connectivity index (χ2n) is 13.0. The molecule has 2 unspecified atom stereocenters. The normalized spacial score (nSPS) is 19.6. The Morgan fingerprint density at radius 2 is 1.54 bits per heavy atom. The topological polar surface area (TPSA) is 16.4 Å².